The number of nitrogens with zero attached hydrogens (tertiary/aromatic N) is 4. The highest BCUT2D eigenvalue weighted by molar-refractivity contribution is 5.58. The minimum Gasteiger partial charge on any atom is -0.351 e. The molecule has 1 aromatic heterocycles. The Balaban J connectivity index is 2.48. The third-order valence-corrected chi connectivity index (χ3v) is 4.26. The molecule has 2 heterocycles. The van der Waals surface area contributed by atoms with Crippen molar-refractivity contribution in [1.29, 1.82) is 5.26 Å². The fourth-order valence-electron chi connectivity index (χ4n) is 3.07. The number of hydrogen-bond acceptors (Lipinski definition) is 4. The third kappa shape index (κ3) is 2.77. The normalized spacial score (nSPS) is 19.5. The van der Waals surface area contributed by atoms with Gasteiger partial charge in [0.1, 0.15) is 11.6 Å². The Bertz CT molecular complexity index is 504. The van der Waals surface area contributed by atoms with Crippen LogP contribution in [0, 0.1) is 11.3 Å². The molecule has 0 aliphatic carbocycles. The summed E-state index contributed by atoms with van der Waals surface area (Å²) < 4.78 is 0. The van der Waals surface area contributed by atoms with E-state index in [4.69, 9.17) is 0 Å². The van der Waals surface area contributed by atoms with Gasteiger partial charge in [0.15, 0.2) is 5.82 Å². The highest BCUT2D eigenvalue weighted by atomic mass is 15.3. The van der Waals surface area contributed by atoms with Crippen molar-refractivity contribution in [3.05, 3.63) is 16.8 Å². The van der Waals surface area contributed by atoms with Crippen LogP contribution in [0.25, 0.3) is 0 Å². The Morgan fingerprint density at radius 3 is 2.65 bits per heavy atom. The summed E-state index contributed by atoms with van der Waals surface area (Å²) in [5, 5.41) is 18.4. The lowest BCUT2D eigenvalue weighted by molar-refractivity contribution is 0.606. The molecule has 0 saturated carbocycles. The fraction of sp³-hybridized carbons (Fsp3) is 0.688. The second-order valence-corrected chi connectivity index (χ2v) is 5.53. The summed E-state index contributed by atoms with van der Waals surface area (Å²) in [6.45, 7) is 7.37. The molecule has 4 nitrogen and oxygen atoms in total. The van der Waals surface area contributed by atoms with E-state index in [-0.39, 0.29) is 0 Å². The largest absolute Gasteiger partial charge is 0.351 e. The molecule has 0 bridgehead atoms. The van der Waals surface area contributed by atoms with Gasteiger partial charge in [0.05, 0.1) is 5.69 Å². The highest BCUT2D eigenvalue weighted by Gasteiger charge is 2.24. The molecule has 0 amide bonds. The summed E-state index contributed by atoms with van der Waals surface area (Å²) in [7, 11) is 0. The maximum absolute atomic E-state index is 9.59. The molecule has 1 saturated heterocycles. The number of hydrogen-bond donors (Lipinski definition) is 0. The van der Waals surface area contributed by atoms with E-state index < -0.39 is 0 Å². The summed E-state index contributed by atoms with van der Waals surface area (Å²) in [5.74, 6) is 0.802. The smallest absolute Gasteiger partial charge is 0.169 e. The molecule has 4 heteroatoms. The molecular formula is C16H24N4. The molecule has 2 rings (SSSR count). The average Bonchev–Trinajstić information content (AvgIpc) is 2.70. The van der Waals surface area contributed by atoms with Gasteiger partial charge in [0.25, 0.3) is 0 Å². The molecule has 1 atom stereocenters. The molecule has 20 heavy (non-hydrogen) atoms. The van der Waals surface area contributed by atoms with Gasteiger partial charge in [-0.15, -0.1) is 5.10 Å². The van der Waals surface area contributed by atoms with Gasteiger partial charge < -0.3 is 4.90 Å². The first kappa shape index (κ1) is 14.8. The molecule has 0 N–H and O–H groups in total. The van der Waals surface area contributed by atoms with Gasteiger partial charge in [0, 0.05) is 12.6 Å². The van der Waals surface area contributed by atoms with Crippen molar-refractivity contribution >= 4 is 5.82 Å². The molecule has 1 fully saturated rings. The van der Waals surface area contributed by atoms with Gasteiger partial charge in [0.2, 0.25) is 0 Å². The lowest BCUT2D eigenvalue weighted by Crippen LogP contribution is -2.34. The standard InChI is InChI=1S/C16H24N4/c1-4-13-14(11-17)16(19-18-15(13)5-2)20-10-8-6-7-9-12(20)3/h12H,4-10H2,1-3H3. The Morgan fingerprint density at radius 2 is 2.00 bits per heavy atom. The number of nitriles is 1. The minimum absolute atomic E-state index is 0.441. The number of rotatable bonds is 3. The average molecular weight is 272 g/mol. The molecule has 1 aromatic rings. The van der Waals surface area contributed by atoms with E-state index in [2.05, 4.69) is 41.9 Å². The van der Waals surface area contributed by atoms with Gasteiger partial charge in [-0.25, -0.2) is 0 Å². The minimum atomic E-state index is 0.441. The van der Waals surface area contributed by atoms with Crippen LogP contribution in [0.2, 0.25) is 0 Å². The van der Waals surface area contributed by atoms with Crippen molar-refractivity contribution in [3.63, 3.8) is 0 Å². The SMILES string of the molecule is CCc1nnc(N2CCCCCC2C)c(C#N)c1CC. The van der Waals surface area contributed by atoms with Crippen LogP contribution in [0.1, 0.15) is 63.3 Å². The van der Waals surface area contributed by atoms with Crippen molar-refractivity contribution < 1.29 is 0 Å². The van der Waals surface area contributed by atoms with Crippen LogP contribution in [-0.4, -0.2) is 22.8 Å². The quantitative estimate of drug-likeness (QED) is 0.847. The van der Waals surface area contributed by atoms with E-state index >= 15 is 0 Å². The van der Waals surface area contributed by atoms with Crippen LogP contribution in [0.3, 0.4) is 0 Å². The number of aromatic nitrogens is 2. The zero-order chi connectivity index (χ0) is 14.5. The second-order valence-electron chi connectivity index (χ2n) is 5.53. The van der Waals surface area contributed by atoms with Gasteiger partial charge in [-0.1, -0.05) is 26.7 Å². The van der Waals surface area contributed by atoms with Gasteiger partial charge in [-0.05, 0) is 38.2 Å². The summed E-state index contributed by atoms with van der Waals surface area (Å²) >= 11 is 0. The van der Waals surface area contributed by atoms with Crippen molar-refractivity contribution in [2.75, 3.05) is 11.4 Å². The molecular weight excluding hydrogens is 248 g/mol. The maximum atomic E-state index is 9.59. The zero-order valence-electron chi connectivity index (χ0n) is 12.8. The molecule has 1 aliphatic rings. The van der Waals surface area contributed by atoms with Crippen molar-refractivity contribution in [2.45, 2.75) is 65.3 Å². The second kappa shape index (κ2) is 6.69. The van der Waals surface area contributed by atoms with Crippen LogP contribution in [0.5, 0.6) is 0 Å². The van der Waals surface area contributed by atoms with Crippen LogP contribution < -0.4 is 4.90 Å². The molecule has 0 spiro atoms. The first-order chi connectivity index (χ1) is 9.72. The van der Waals surface area contributed by atoms with Crippen molar-refractivity contribution in [2.24, 2.45) is 0 Å². The van der Waals surface area contributed by atoms with Gasteiger partial charge >= 0.3 is 0 Å². The van der Waals surface area contributed by atoms with E-state index in [1.54, 1.807) is 0 Å². The van der Waals surface area contributed by atoms with Crippen molar-refractivity contribution in [1.82, 2.24) is 10.2 Å². The van der Waals surface area contributed by atoms with E-state index in [1.165, 1.54) is 25.7 Å². The van der Waals surface area contributed by atoms with E-state index in [0.717, 1.165) is 42.0 Å². The lowest BCUT2D eigenvalue weighted by atomic mass is 10.0. The highest BCUT2D eigenvalue weighted by Crippen LogP contribution is 2.28. The third-order valence-electron chi connectivity index (χ3n) is 4.26. The monoisotopic (exact) mass is 272 g/mol. The Hall–Kier alpha value is -1.63. The van der Waals surface area contributed by atoms with E-state index in [9.17, 15) is 5.26 Å². The molecule has 1 aliphatic heterocycles. The van der Waals surface area contributed by atoms with Gasteiger partial charge in [-0.3, -0.25) is 0 Å². The Kier molecular flexibility index (Phi) is 4.94. The summed E-state index contributed by atoms with van der Waals surface area (Å²) in [4.78, 5) is 2.29. The lowest BCUT2D eigenvalue weighted by Gasteiger charge is -2.29. The summed E-state index contributed by atoms with van der Waals surface area (Å²) in [6.07, 6.45) is 6.55. The first-order valence-electron chi connectivity index (χ1n) is 7.78. The molecule has 0 aromatic carbocycles. The number of anilines is 1. The van der Waals surface area contributed by atoms with Crippen LogP contribution in [0.4, 0.5) is 5.82 Å². The Morgan fingerprint density at radius 1 is 1.20 bits per heavy atom. The maximum Gasteiger partial charge on any atom is 0.169 e. The van der Waals surface area contributed by atoms with Crippen molar-refractivity contribution in [3.8, 4) is 6.07 Å². The first-order valence-corrected chi connectivity index (χ1v) is 7.78. The van der Waals surface area contributed by atoms with E-state index in [1.807, 2.05) is 0 Å². The summed E-state index contributed by atoms with van der Waals surface area (Å²) in [6, 6.07) is 2.82. The molecule has 0 radical (unpaired) electrons. The fourth-order valence-corrected chi connectivity index (χ4v) is 3.07. The van der Waals surface area contributed by atoms with Crippen LogP contribution >= 0.6 is 0 Å². The predicted molar refractivity (Wildman–Crippen MR) is 80.8 cm³/mol. The zero-order valence-corrected chi connectivity index (χ0v) is 12.8. The predicted octanol–water partition coefficient (Wildman–Crippen LogP) is 3.24. The Labute approximate surface area is 121 Å². The molecule has 1 unspecified atom stereocenters. The summed E-state index contributed by atoms with van der Waals surface area (Å²) in [5.41, 5.74) is 2.79. The number of aryl methyl sites for hydroxylation is 1. The van der Waals surface area contributed by atoms with Gasteiger partial charge in [-0.2, -0.15) is 10.4 Å². The topological polar surface area (TPSA) is 52.8 Å². The van der Waals surface area contributed by atoms with Crippen LogP contribution in [-0.2, 0) is 12.8 Å². The molecule has 108 valence electrons. The van der Waals surface area contributed by atoms with Crippen LogP contribution in [0.15, 0.2) is 0 Å². The van der Waals surface area contributed by atoms with E-state index in [0.29, 0.717) is 6.04 Å².